The fourth-order valence-corrected chi connectivity index (χ4v) is 1.76. The molecule has 1 heterocycles. The van der Waals surface area contributed by atoms with Gasteiger partial charge in [0, 0.05) is 20.1 Å². The number of carboxylic acids is 1. The molecule has 0 saturated carbocycles. The Morgan fingerprint density at radius 3 is 2.50 bits per heavy atom. The highest BCUT2D eigenvalue weighted by molar-refractivity contribution is 5.75. The number of terminal acetylenes is 1. The number of hydrogen-bond acceptors (Lipinski definition) is 2. The van der Waals surface area contributed by atoms with Crippen molar-refractivity contribution in [3.8, 4) is 12.3 Å². The molecule has 0 atom stereocenters. The van der Waals surface area contributed by atoms with Gasteiger partial charge in [-0.15, -0.1) is 6.42 Å². The molecule has 0 bridgehead atoms. The van der Waals surface area contributed by atoms with Crippen molar-refractivity contribution in [1.29, 1.82) is 0 Å². The molecular weight excluding hydrogens is 208 g/mol. The lowest BCUT2D eigenvalue weighted by Crippen LogP contribution is -2.46. The maximum atomic E-state index is 11.8. The molecule has 0 radical (unpaired) electrons. The largest absolute Gasteiger partial charge is 0.481 e. The molecule has 1 aliphatic rings. The molecule has 0 aromatic heterocycles. The van der Waals surface area contributed by atoms with Gasteiger partial charge in [0.2, 0.25) is 0 Å². The molecule has 5 nitrogen and oxygen atoms in total. The van der Waals surface area contributed by atoms with E-state index in [1.807, 2.05) is 0 Å². The summed E-state index contributed by atoms with van der Waals surface area (Å²) in [5.74, 6) is 1.31. The van der Waals surface area contributed by atoms with Crippen LogP contribution < -0.4 is 0 Å². The predicted octanol–water partition coefficient (Wildman–Crippen LogP) is 0.468. The summed E-state index contributed by atoms with van der Waals surface area (Å²) in [7, 11) is 1.64. The molecule has 0 unspecified atom stereocenters. The highest BCUT2D eigenvalue weighted by Gasteiger charge is 2.27. The highest BCUT2D eigenvalue weighted by Crippen LogP contribution is 2.17. The van der Waals surface area contributed by atoms with Crippen LogP contribution in [0.5, 0.6) is 0 Å². The minimum absolute atomic E-state index is 0.123. The molecule has 0 spiro atoms. The number of amides is 2. The Bertz CT molecular complexity index is 314. The van der Waals surface area contributed by atoms with Crippen molar-refractivity contribution in [1.82, 2.24) is 9.80 Å². The summed E-state index contributed by atoms with van der Waals surface area (Å²) in [5.41, 5.74) is 0. The Morgan fingerprint density at radius 2 is 2.06 bits per heavy atom. The standard InChI is InChI=1S/C11H16N2O3/c1-3-6-12(2)11(16)13-7-4-9(5-8-13)10(14)15/h1,9H,4-8H2,2H3,(H,14,15). The molecule has 1 fully saturated rings. The molecule has 1 rings (SSSR count). The van der Waals surface area contributed by atoms with Gasteiger partial charge in [-0.3, -0.25) is 4.79 Å². The van der Waals surface area contributed by atoms with E-state index in [9.17, 15) is 9.59 Å². The van der Waals surface area contributed by atoms with Crippen molar-refractivity contribution in [3.05, 3.63) is 0 Å². The van der Waals surface area contributed by atoms with Gasteiger partial charge in [-0.05, 0) is 12.8 Å². The van der Waals surface area contributed by atoms with Crippen LogP contribution >= 0.6 is 0 Å². The van der Waals surface area contributed by atoms with Crippen molar-refractivity contribution in [2.75, 3.05) is 26.7 Å². The van der Waals surface area contributed by atoms with Gasteiger partial charge in [-0.2, -0.15) is 0 Å². The number of urea groups is 1. The van der Waals surface area contributed by atoms with Crippen LogP contribution in [0.3, 0.4) is 0 Å². The van der Waals surface area contributed by atoms with E-state index in [-0.39, 0.29) is 18.5 Å². The SMILES string of the molecule is C#CCN(C)C(=O)N1CCC(C(=O)O)CC1. The molecule has 5 heteroatoms. The Labute approximate surface area is 95.0 Å². The van der Waals surface area contributed by atoms with Crippen LogP contribution in [-0.4, -0.2) is 53.6 Å². The minimum Gasteiger partial charge on any atom is -0.481 e. The van der Waals surface area contributed by atoms with Gasteiger partial charge in [0.25, 0.3) is 0 Å². The summed E-state index contributed by atoms with van der Waals surface area (Å²) in [6, 6.07) is -0.123. The molecule has 1 N–H and O–H groups in total. The van der Waals surface area contributed by atoms with E-state index in [0.717, 1.165) is 0 Å². The Hall–Kier alpha value is -1.70. The minimum atomic E-state index is -0.774. The van der Waals surface area contributed by atoms with Crippen LogP contribution in [0.2, 0.25) is 0 Å². The lowest BCUT2D eigenvalue weighted by atomic mass is 9.97. The lowest BCUT2D eigenvalue weighted by molar-refractivity contribution is -0.143. The smallest absolute Gasteiger partial charge is 0.320 e. The first-order valence-electron chi connectivity index (χ1n) is 5.22. The number of hydrogen-bond donors (Lipinski definition) is 1. The van der Waals surface area contributed by atoms with Gasteiger partial charge < -0.3 is 14.9 Å². The number of carbonyl (C=O) groups is 2. The number of carbonyl (C=O) groups excluding carboxylic acids is 1. The van der Waals surface area contributed by atoms with Gasteiger partial charge in [0.1, 0.15) is 0 Å². The molecule has 88 valence electrons. The zero-order valence-electron chi connectivity index (χ0n) is 9.35. The zero-order valence-corrected chi connectivity index (χ0v) is 9.35. The lowest BCUT2D eigenvalue weighted by Gasteiger charge is -2.32. The number of nitrogens with zero attached hydrogens (tertiary/aromatic N) is 2. The second-order valence-electron chi connectivity index (χ2n) is 3.94. The number of piperidine rings is 1. The summed E-state index contributed by atoms with van der Waals surface area (Å²) in [4.78, 5) is 25.6. The van der Waals surface area contributed by atoms with Gasteiger partial charge in [0.15, 0.2) is 0 Å². The van der Waals surface area contributed by atoms with Crippen LogP contribution in [0.15, 0.2) is 0 Å². The third-order valence-corrected chi connectivity index (χ3v) is 2.77. The van der Waals surface area contributed by atoms with Crippen molar-refractivity contribution >= 4 is 12.0 Å². The molecule has 2 amide bonds. The topological polar surface area (TPSA) is 60.9 Å². The number of carboxylic acid groups (broad SMARTS) is 1. The van der Waals surface area contributed by atoms with Crippen molar-refractivity contribution < 1.29 is 14.7 Å². The van der Waals surface area contributed by atoms with Gasteiger partial charge in [-0.1, -0.05) is 5.92 Å². The predicted molar refractivity (Wildman–Crippen MR) is 58.8 cm³/mol. The third-order valence-electron chi connectivity index (χ3n) is 2.77. The fraction of sp³-hybridized carbons (Fsp3) is 0.636. The monoisotopic (exact) mass is 224 g/mol. The first kappa shape index (κ1) is 12.4. The highest BCUT2D eigenvalue weighted by atomic mass is 16.4. The molecule has 0 aromatic rings. The first-order valence-corrected chi connectivity index (χ1v) is 5.22. The zero-order chi connectivity index (χ0) is 12.1. The molecule has 1 saturated heterocycles. The van der Waals surface area contributed by atoms with Crippen LogP contribution in [0.25, 0.3) is 0 Å². The van der Waals surface area contributed by atoms with E-state index >= 15 is 0 Å². The number of aliphatic carboxylic acids is 1. The normalized spacial score (nSPS) is 16.6. The van der Waals surface area contributed by atoms with Crippen LogP contribution in [-0.2, 0) is 4.79 Å². The summed E-state index contributed by atoms with van der Waals surface area (Å²) in [6.45, 7) is 1.26. The van der Waals surface area contributed by atoms with Gasteiger partial charge in [-0.25, -0.2) is 4.79 Å². The van der Waals surface area contributed by atoms with Crippen LogP contribution in [0.4, 0.5) is 4.79 Å². The molecule has 0 aromatic carbocycles. The number of rotatable bonds is 2. The molecule has 16 heavy (non-hydrogen) atoms. The molecule has 0 aliphatic carbocycles. The summed E-state index contributed by atoms with van der Waals surface area (Å²) in [6.07, 6.45) is 6.16. The fourth-order valence-electron chi connectivity index (χ4n) is 1.76. The maximum Gasteiger partial charge on any atom is 0.320 e. The van der Waals surface area contributed by atoms with Crippen LogP contribution in [0.1, 0.15) is 12.8 Å². The van der Waals surface area contributed by atoms with Crippen molar-refractivity contribution in [3.63, 3.8) is 0 Å². The van der Waals surface area contributed by atoms with Crippen molar-refractivity contribution in [2.45, 2.75) is 12.8 Å². The van der Waals surface area contributed by atoms with Crippen molar-refractivity contribution in [2.24, 2.45) is 5.92 Å². The van der Waals surface area contributed by atoms with Crippen LogP contribution in [0, 0.1) is 18.3 Å². The van der Waals surface area contributed by atoms with E-state index in [2.05, 4.69) is 5.92 Å². The second kappa shape index (κ2) is 5.40. The van der Waals surface area contributed by atoms with E-state index in [1.165, 1.54) is 4.90 Å². The van der Waals surface area contributed by atoms with Gasteiger partial charge >= 0.3 is 12.0 Å². The molecule has 1 aliphatic heterocycles. The van der Waals surface area contributed by atoms with E-state index < -0.39 is 5.97 Å². The third kappa shape index (κ3) is 2.89. The average Bonchev–Trinajstić information content (AvgIpc) is 2.28. The summed E-state index contributed by atoms with van der Waals surface area (Å²) in [5, 5.41) is 8.82. The Kier molecular flexibility index (Phi) is 4.18. The molecular formula is C11H16N2O3. The average molecular weight is 224 g/mol. The quantitative estimate of drug-likeness (QED) is 0.693. The van der Waals surface area contributed by atoms with Gasteiger partial charge in [0.05, 0.1) is 12.5 Å². The summed E-state index contributed by atoms with van der Waals surface area (Å²) < 4.78 is 0. The Balaban J connectivity index is 2.45. The Morgan fingerprint density at radius 1 is 1.50 bits per heavy atom. The first-order chi connectivity index (χ1) is 7.56. The van der Waals surface area contributed by atoms with E-state index in [0.29, 0.717) is 25.9 Å². The van der Waals surface area contributed by atoms with E-state index in [4.69, 9.17) is 11.5 Å². The maximum absolute atomic E-state index is 11.8. The summed E-state index contributed by atoms with van der Waals surface area (Å²) >= 11 is 0. The second-order valence-corrected chi connectivity index (χ2v) is 3.94. The van der Waals surface area contributed by atoms with E-state index in [1.54, 1.807) is 11.9 Å². The number of likely N-dealkylation sites (tertiary alicyclic amines) is 1.